The summed E-state index contributed by atoms with van der Waals surface area (Å²) in [5, 5.41) is 18.8. The maximum atomic E-state index is 9.55. The van der Waals surface area contributed by atoms with Crippen LogP contribution in [0.5, 0.6) is 0 Å². The molecule has 1 aromatic heterocycles. The van der Waals surface area contributed by atoms with Gasteiger partial charge in [0.05, 0.1) is 24.6 Å². The lowest BCUT2D eigenvalue weighted by Crippen LogP contribution is -2.24. The molecule has 2 unspecified atom stereocenters. The van der Waals surface area contributed by atoms with Gasteiger partial charge in [0.15, 0.2) is 0 Å². The van der Waals surface area contributed by atoms with Crippen LogP contribution in [-0.2, 0) is 6.61 Å². The van der Waals surface area contributed by atoms with Gasteiger partial charge in [-0.15, -0.1) is 0 Å². The van der Waals surface area contributed by atoms with Gasteiger partial charge < -0.3 is 15.1 Å². The topological polar surface area (TPSA) is 56.6 Å². The first-order valence-electron chi connectivity index (χ1n) is 5.69. The van der Waals surface area contributed by atoms with Crippen LogP contribution >= 0.6 is 0 Å². The van der Waals surface area contributed by atoms with E-state index in [4.69, 9.17) is 0 Å². The van der Waals surface area contributed by atoms with E-state index < -0.39 is 0 Å². The summed E-state index contributed by atoms with van der Waals surface area (Å²) in [6.45, 7) is 3.64. The fourth-order valence-electron chi connectivity index (χ4n) is 2.23. The number of rotatable bonds is 3. The number of anilines is 1. The number of aliphatic hydroxyl groups is 2. The van der Waals surface area contributed by atoms with E-state index in [1.807, 2.05) is 13.0 Å². The highest BCUT2D eigenvalue weighted by Gasteiger charge is 2.27. The predicted molar refractivity (Wildman–Crippen MR) is 62.2 cm³/mol. The molecule has 2 atom stereocenters. The minimum absolute atomic E-state index is 0.0354. The largest absolute Gasteiger partial charge is 0.393 e. The molecule has 0 aromatic carbocycles. The molecule has 0 radical (unpaired) electrons. The molecular formula is C12H18N2O2. The van der Waals surface area contributed by atoms with Gasteiger partial charge in [0, 0.05) is 30.8 Å². The Labute approximate surface area is 95.5 Å². The third-order valence-corrected chi connectivity index (χ3v) is 3.31. The van der Waals surface area contributed by atoms with Crippen LogP contribution in [0, 0.1) is 5.92 Å². The second-order valence-electron chi connectivity index (χ2n) is 4.40. The summed E-state index contributed by atoms with van der Waals surface area (Å²) in [5.74, 6) is 0.326. The first-order valence-corrected chi connectivity index (χ1v) is 5.69. The Morgan fingerprint density at radius 3 is 3.06 bits per heavy atom. The zero-order valence-corrected chi connectivity index (χ0v) is 9.50. The van der Waals surface area contributed by atoms with Gasteiger partial charge in [0.2, 0.25) is 0 Å². The van der Waals surface area contributed by atoms with E-state index >= 15 is 0 Å². The van der Waals surface area contributed by atoms with Gasteiger partial charge >= 0.3 is 0 Å². The number of aromatic nitrogens is 1. The van der Waals surface area contributed by atoms with Gasteiger partial charge in [-0.1, -0.05) is 0 Å². The van der Waals surface area contributed by atoms with E-state index in [9.17, 15) is 10.2 Å². The molecule has 0 spiro atoms. The van der Waals surface area contributed by atoms with Crippen molar-refractivity contribution in [3.63, 3.8) is 0 Å². The van der Waals surface area contributed by atoms with Crippen molar-refractivity contribution in [1.29, 1.82) is 0 Å². The third kappa shape index (κ3) is 2.18. The molecule has 4 heteroatoms. The average Bonchev–Trinajstić information content (AvgIpc) is 2.78. The molecule has 1 fully saturated rings. The van der Waals surface area contributed by atoms with Crippen molar-refractivity contribution in [3.05, 3.63) is 24.0 Å². The molecule has 1 aliphatic heterocycles. The minimum Gasteiger partial charge on any atom is -0.393 e. The molecule has 0 saturated carbocycles. The van der Waals surface area contributed by atoms with Gasteiger partial charge in [-0.25, -0.2) is 0 Å². The smallest absolute Gasteiger partial charge is 0.0703 e. The molecule has 1 saturated heterocycles. The number of pyridine rings is 1. The molecule has 1 aliphatic rings. The summed E-state index contributed by atoms with van der Waals surface area (Å²) in [6, 6.07) is 1.84. The highest BCUT2D eigenvalue weighted by Crippen LogP contribution is 2.27. The van der Waals surface area contributed by atoms with Crippen LogP contribution in [0.2, 0.25) is 0 Å². The maximum Gasteiger partial charge on any atom is 0.0703 e. The first kappa shape index (κ1) is 11.4. The number of hydrogen-bond donors (Lipinski definition) is 2. The number of nitrogens with zero attached hydrogens (tertiary/aromatic N) is 2. The quantitative estimate of drug-likeness (QED) is 0.793. The van der Waals surface area contributed by atoms with Crippen molar-refractivity contribution in [2.75, 3.05) is 18.0 Å². The van der Waals surface area contributed by atoms with Crippen molar-refractivity contribution in [1.82, 2.24) is 4.98 Å². The lowest BCUT2D eigenvalue weighted by molar-refractivity contribution is 0.136. The summed E-state index contributed by atoms with van der Waals surface area (Å²) in [5.41, 5.74) is 1.90. The van der Waals surface area contributed by atoms with Crippen LogP contribution in [0.15, 0.2) is 18.5 Å². The van der Waals surface area contributed by atoms with Crippen LogP contribution in [-0.4, -0.2) is 34.4 Å². The second-order valence-corrected chi connectivity index (χ2v) is 4.40. The Balaban J connectivity index is 2.14. The van der Waals surface area contributed by atoms with Crippen LogP contribution in [0.4, 0.5) is 5.69 Å². The fourth-order valence-corrected chi connectivity index (χ4v) is 2.23. The first-order chi connectivity index (χ1) is 7.72. The van der Waals surface area contributed by atoms with Gasteiger partial charge in [-0.05, 0) is 19.4 Å². The Morgan fingerprint density at radius 1 is 1.62 bits per heavy atom. The maximum absolute atomic E-state index is 9.55. The predicted octanol–water partition coefficient (Wildman–Crippen LogP) is 0.781. The SMILES string of the molecule is CC(O)C1CCN(c2cnccc2CO)C1. The summed E-state index contributed by atoms with van der Waals surface area (Å²) in [6.07, 6.45) is 4.21. The molecule has 2 N–H and O–H groups in total. The van der Waals surface area contributed by atoms with Crippen LogP contribution in [0.1, 0.15) is 18.9 Å². The summed E-state index contributed by atoms with van der Waals surface area (Å²) < 4.78 is 0. The van der Waals surface area contributed by atoms with E-state index in [1.165, 1.54) is 0 Å². The molecule has 0 aliphatic carbocycles. The Bertz CT molecular complexity index is 355. The summed E-state index contributed by atoms with van der Waals surface area (Å²) in [4.78, 5) is 6.28. The summed E-state index contributed by atoms with van der Waals surface area (Å²) >= 11 is 0. The second kappa shape index (κ2) is 4.80. The van der Waals surface area contributed by atoms with Crippen LogP contribution < -0.4 is 4.90 Å². The van der Waals surface area contributed by atoms with Crippen molar-refractivity contribution < 1.29 is 10.2 Å². The minimum atomic E-state index is -0.265. The van der Waals surface area contributed by atoms with Gasteiger partial charge in [-0.3, -0.25) is 4.98 Å². The Kier molecular flexibility index (Phi) is 3.41. The molecule has 16 heavy (non-hydrogen) atoms. The molecule has 0 amide bonds. The lowest BCUT2D eigenvalue weighted by atomic mass is 10.0. The molecule has 88 valence electrons. The highest BCUT2D eigenvalue weighted by molar-refractivity contribution is 5.52. The molecule has 2 rings (SSSR count). The van der Waals surface area contributed by atoms with E-state index in [-0.39, 0.29) is 12.7 Å². The van der Waals surface area contributed by atoms with Gasteiger partial charge in [0.25, 0.3) is 0 Å². The molecule has 4 nitrogen and oxygen atoms in total. The van der Waals surface area contributed by atoms with Crippen molar-refractivity contribution in [3.8, 4) is 0 Å². The molecule has 0 bridgehead atoms. The number of aliphatic hydroxyl groups excluding tert-OH is 2. The standard InChI is InChI=1S/C12H18N2O2/c1-9(16)10-3-5-14(7-10)12-6-13-4-2-11(12)8-15/h2,4,6,9-10,15-16H,3,5,7-8H2,1H3. The molecule has 1 aromatic rings. The third-order valence-electron chi connectivity index (χ3n) is 3.31. The fraction of sp³-hybridized carbons (Fsp3) is 0.583. The van der Waals surface area contributed by atoms with Crippen molar-refractivity contribution >= 4 is 5.69 Å². The van der Waals surface area contributed by atoms with Gasteiger partial charge in [0.1, 0.15) is 0 Å². The van der Waals surface area contributed by atoms with E-state index in [2.05, 4.69) is 9.88 Å². The monoisotopic (exact) mass is 222 g/mol. The van der Waals surface area contributed by atoms with Crippen molar-refractivity contribution in [2.24, 2.45) is 5.92 Å². The zero-order chi connectivity index (χ0) is 11.5. The lowest BCUT2D eigenvalue weighted by Gasteiger charge is -2.21. The van der Waals surface area contributed by atoms with Crippen molar-refractivity contribution in [2.45, 2.75) is 26.1 Å². The van der Waals surface area contributed by atoms with E-state index in [0.29, 0.717) is 5.92 Å². The van der Waals surface area contributed by atoms with E-state index in [1.54, 1.807) is 12.4 Å². The Hall–Kier alpha value is -1.13. The molecular weight excluding hydrogens is 204 g/mol. The van der Waals surface area contributed by atoms with Gasteiger partial charge in [-0.2, -0.15) is 0 Å². The zero-order valence-electron chi connectivity index (χ0n) is 9.50. The van der Waals surface area contributed by atoms with Crippen LogP contribution in [0.3, 0.4) is 0 Å². The summed E-state index contributed by atoms with van der Waals surface area (Å²) in [7, 11) is 0. The number of hydrogen-bond acceptors (Lipinski definition) is 4. The normalized spacial score (nSPS) is 22.4. The van der Waals surface area contributed by atoms with Crippen LogP contribution in [0.25, 0.3) is 0 Å². The Morgan fingerprint density at radius 2 is 2.44 bits per heavy atom. The average molecular weight is 222 g/mol. The van der Waals surface area contributed by atoms with E-state index in [0.717, 1.165) is 30.8 Å². The highest BCUT2D eigenvalue weighted by atomic mass is 16.3. The molecule has 2 heterocycles.